The Labute approximate surface area is 267 Å². The third-order valence-corrected chi connectivity index (χ3v) is 8.46. The summed E-state index contributed by atoms with van der Waals surface area (Å²) in [7, 11) is 0. The lowest BCUT2D eigenvalue weighted by Gasteiger charge is -2.36. The highest BCUT2D eigenvalue weighted by molar-refractivity contribution is 6.25. The largest absolute Gasteiger partial charge is 0.444 e. The van der Waals surface area contributed by atoms with Crippen LogP contribution in [0.25, 0.3) is 11.3 Å². The lowest BCUT2D eigenvalue weighted by molar-refractivity contribution is -0.131. The number of likely N-dealkylation sites (tertiary alicyclic amines) is 1. The molecule has 13 nitrogen and oxygen atoms in total. The van der Waals surface area contributed by atoms with E-state index in [-0.39, 0.29) is 24.0 Å². The number of rotatable bonds is 6. The Morgan fingerprint density at radius 2 is 1.74 bits per heavy atom. The lowest BCUT2D eigenvalue weighted by Crippen LogP contribution is -2.54. The van der Waals surface area contributed by atoms with Crippen LogP contribution in [-0.2, 0) is 20.7 Å². The fourth-order valence-corrected chi connectivity index (χ4v) is 6.35. The molecule has 13 heteroatoms. The molecule has 242 valence electrons. The van der Waals surface area contributed by atoms with E-state index in [4.69, 9.17) is 15.2 Å². The smallest absolute Gasteiger partial charge is 0.412 e. The van der Waals surface area contributed by atoms with Gasteiger partial charge in [0.15, 0.2) is 5.78 Å². The third kappa shape index (κ3) is 6.33. The number of amides is 4. The monoisotopic (exact) mass is 629 g/mol. The topological polar surface area (TPSA) is 163 Å². The van der Waals surface area contributed by atoms with Gasteiger partial charge in [0.05, 0.1) is 42.1 Å². The van der Waals surface area contributed by atoms with Crippen LogP contribution in [0.4, 0.5) is 21.0 Å². The van der Waals surface area contributed by atoms with Crippen LogP contribution in [0.5, 0.6) is 0 Å². The molecule has 0 unspecified atom stereocenters. The van der Waals surface area contributed by atoms with Gasteiger partial charge in [-0.15, -0.1) is 0 Å². The average Bonchev–Trinajstić information content (AvgIpc) is 3.57. The molecule has 0 saturated carbocycles. The molecule has 6 rings (SSSR count). The zero-order chi connectivity index (χ0) is 32.6. The number of carbonyl (C=O) groups is 4. The number of hydrazine groups is 1. The van der Waals surface area contributed by atoms with Gasteiger partial charge in [-0.1, -0.05) is 24.3 Å². The number of hydrogen-bond acceptors (Lipinski definition) is 8. The highest BCUT2D eigenvalue weighted by atomic mass is 16.6. The molecule has 4 N–H and O–H groups in total. The van der Waals surface area contributed by atoms with Crippen molar-refractivity contribution in [3.63, 3.8) is 0 Å². The first kappa shape index (κ1) is 31.2. The van der Waals surface area contributed by atoms with E-state index in [2.05, 4.69) is 15.5 Å². The van der Waals surface area contributed by atoms with Crippen molar-refractivity contribution in [1.29, 1.82) is 0 Å². The normalized spacial score (nSPS) is 16.9. The molecule has 0 bridgehead atoms. The Morgan fingerprint density at radius 3 is 2.39 bits per heavy atom. The molecule has 0 radical (unpaired) electrons. The molecule has 1 aromatic heterocycles. The molecule has 4 amide bonds. The van der Waals surface area contributed by atoms with Gasteiger partial charge >= 0.3 is 12.1 Å². The molecule has 3 heterocycles. The van der Waals surface area contributed by atoms with E-state index < -0.39 is 17.7 Å². The molecular weight excluding hydrogens is 590 g/mol. The van der Waals surface area contributed by atoms with E-state index in [1.807, 2.05) is 23.1 Å². The standard InChI is InChI=1S/C33H39N7O6/c1-33(2,3)46-32(44)35-22-9-7-20(8-10-22)19-25(41)38-13-11-21(12-14-38)28-27-29(37-36-28)23-5-4-6-24(26(23)30(27)42)40(31(34)43)39-15-17-45-18-16-39/h4-10,21H,11-19H2,1-3H3,(H2,34,43)(H,35,44)(H,36,37). The summed E-state index contributed by atoms with van der Waals surface area (Å²) in [6.07, 6.45) is 1.06. The summed E-state index contributed by atoms with van der Waals surface area (Å²) in [5, 5.41) is 13.5. The maximum Gasteiger partial charge on any atom is 0.412 e. The second kappa shape index (κ2) is 12.6. The number of carbonyl (C=O) groups excluding carboxylic acids is 4. The van der Waals surface area contributed by atoms with Crippen molar-refractivity contribution in [3.05, 3.63) is 64.8 Å². The van der Waals surface area contributed by atoms with Gasteiger partial charge in [-0.2, -0.15) is 5.10 Å². The average molecular weight is 630 g/mol. The minimum atomic E-state index is -0.667. The van der Waals surface area contributed by atoms with Gasteiger partial charge in [-0.3, -0.25) is 20.0 Å². The molecule has 46 heavy (non-hydrogen) atoms. The number of ketones is 1. The Bertz CT molecular complexity index is 1650. The van der Waals surface area contributed by atoms with Crippen LogP contribution in [-0.4, -0.2) is 88.9 Å². The van der Waals surface area contributed by atoms with Crippen molar-refractivity contribution in [2.45, 2.75) is 51.6 Å². The Hall–Kier alpha value is -4.75. The van der Waals surface area contributed by atoms with Gasteiger partial charge in [0.25, 0.3) is 0 Å². The number of nitrogens with one attached hydrogen (secondary N) is 2. The van der Waals surface area contributed by atoms with Crippen LogP contribution in [0.2, 0.25) is 0 Å². The maximum absolute atomic E-state index is 14.0. The summed E-state index contributed by atoms with van der Waals surface area (Å²) in [4.78, 5) is 53.6. The van der Waals surface area contributed by atoms with Crippen molar-refractivity contribution >= 4 is 35.2 Å². The number of H-pyrrole nitrogens is 1. The quantitative estimate of drug-likeness (QED) is 0.288. The van der Waals surface area contributed by atoms with Crippen LogP contribution in [0.3, 0.4) is 0 Å². The second-order valence-electron chi connectivity index (χ2n) is 12.8. The molecule has 0 spiro atoms. The molecule has 2 aromatic carbocycles. The fraction of sp³-hybridized carbons (Fsp3) is 0.424. The van der Waals surface area contributed by atoms with Crippen LogP contribution in [0.1, 0.15) is 66.7 Å². The zero-order valence-corrected chi connectivity index (χ0v) is 26.3. The number of benzene rings is 2. The fourth-order valence-electron chi connectivity index (χ4n) is 6.35. The molecule has 2 fully saturated rings. The summed E-state index contributed by atoms with van der Waals surface area (Å²) in [6.45, 7) is 8.37. The number of hydrogen-bond donors (Lipinski definition) is 3. The highest BCUT2D eigenvalue weighted by Crippen LogP contribution is 2.44. The molecule has 3 aliphatic rings. The summed E-state index contributed by atoms with van der Waals surface area (Å²) in [6, 6.07) is 11.9. The van der Waals surface area contributed by atoms with Crippen molar-refractivity contribution in [3.8, 4) is 11.3 Å². The van der Waals surface area contributed by atoms with Crippen LogP contribution >= 0.6 is 0 Å². The molecular formula is C33H39N7O6. The Morgan fingerprint density at radius 1 is 1.04 bits per heavy atom. The number of morpholine rings is 1. The van der Waals surface area contributed by atoms with Gasteiger partial charge < -0.3 is 20.1 Å². The number of urea groups is 1. The Balaban J connectivity index is 1.10. The molecule has 2 saturated heterocycles. The van der Waals surface area contributed by atoms with E-state index in [0.717, 1.165) is 11.3 Å². The predicted molar refractivity (Wildman–Crippen MR) is 170 cm³/mol. The third-order valence-electron chi connectivity index (χ3n) is 8.46. The van der Waals surface area contributed by atoms with E-state index >= 15 is 0 Å². The number of piperidine rings is 1. The minimum absolute atomic E-state index is 0.0175. The van der Waals surface area contributed by atoms with E-state index in [1.165, 1.54) is 5.01 Å². The molecule has 2 aliphatic heterocycles. The van der Waals surface area contributed by atoms with Gasteiger partial charge in [-0.05, 0) is 57.4 Å². The zero-order valence-electron chi connectivity index (χ0n) is 26.3. The minimum Gasteiger partial charge on any atom is -0.444 e. The van der Waals surface area contributed by atoms with Crippen LogP contribution in [0.15, 0.2) is 42.5 Å². The first-order valence-electron chi connectivity index (χ1n) is 15.6. The van der Waals surface area contributed by atoms with Crippen molar-refractivity contribution in [2.75, 3.05) is 49.7 Å². The number of fused-ring (bicyclic) bond motifs is 3. The number of anilines is 2. The van der Waals surface area contributed by atoms with E-state index in [0.29, 0.717) is 86.0 Å². The van der Waals surface area contributed by atoms with E-state index in [1.54, 1.807) is 50.0 Å². The number of nitrogens with zero attached hydrogens (tertiary/aromatic N) is 4. The van der Waals surface area contributed by atoms with Gasteiger partial charge in [0.2, 0.25) is 5.91 Å². The summed E-state index contributed by atoms with van der Waals surface area (Å²) < 4.78 is 10.7. The van der Waals surface area contributed by atoms with Gasteiger partial charge in [0, 0.05) is 43.3 Å². The summed E-state index contributed by atoms with van der Waals surface area (Å²) in [5.41, 5.74) is 10.0. The molecule has 3 aromatic rings. The van der Waals surface area contributed by atoms with Crippen LogP contribution in [0, 0.1) is 0 Å². The van der Waals surface area contributed by atoms with Crippen molar-refractivity contribution in [2.24, 2.45) is 5.73 Å². The van der Waals surface area contributed by atoms with Crippen molar-refractivity contribution in [1.82, 2.24) is 20.1 Å². The van der Waals surface area contributed by atoms with Crippen LogP contribution < -0.4 is 16.1 Å². The predicted octanol–water partition coefficient (Wildman–Crippen LogP) is 4.05. The molecule has 0 atom stereocenters. The van der Waals surface area contributed by atoms with Crippen molar-refractivity contribution < 1.29 is 28.7 Å². The summed E-state index contributed by atoms with van der Waals surface area (Å²) >= 11 is 0. The number of nitrogens with two attached hydrogens (primary N) is 1. The maximum atomic E-state index is 14.0. The number of aromatic amines is 1. The van der Waals surface area contributed by atoms with Gasteiger partial charge in [0.1, 0.15) is 11.3 Å². The number of primary amides is 1. The summed E-state index contributed by atoms with van der Waals surface area (Å²) in [5.74, 6) is -0.150. The highest BCUT2D eigenvalue weighted by Gasteiger charge is 2.40. The number of ether oxygens (including phenoxy) is 2. The molecule has 1 aliphatic carbocycles. The Kier molecular flexibility index (Phi) is 8.53. The van der Waals surface area contributed by atoms with Gasteiger partial charge in [-0.25, -0.2) is 19.6 Å². The number of aromatic nitrogens is 2. The first-order chi connectivity index (χ1) is 22.0. The van der Waals surface area contributed by atoms with E-state index in [9.17, 15) is 19.2 Å². The second-order valence-corrected chi connectivity index (χ2v) is 12.8. The first-order valence-corrected chi connectivity index (χ1v) is 15.6. The SMILES string of the molecule is CC(C)(C)OC(=O)Nc1ccc(CC(=O)N2CCC(c3[nH]nc4c3C(=O)c3c-4cccc3N(C(N)=O)N3CCOCC3)CC2)cc1. The lowest BCUT2D eigenvalue weighted by atomic mass is 9.90.